The maximum Gasteiger partial charge on any atom is 0.263 e. The molecule has 4 rings (SSSR count). The number of nitrogens with one attached hydrogen (secondary N) is 1. The van der Waals surface area contributed by atoms with Crippen LogP contribution in [0.4, 0.5) is 11.5 Å². The van der Waals surface area contributed by atoms with Gasteiger partial charge in [0.05, 0.1) is 5.69 Å². The van der Waals surface area contributed by atoms with E-state index in [1.807, 2.05) is 6.92 Å². The fourth-order valence-corrected chi connectivity index (χ4v) is 3.49. The van der Waals surface area contributed by atoms with Crippen LogP contribution in [0.2, 0.25) is 0 Å². The van der Waals surface area contributed by atoms with Crippen molar-refractivity contribution in [3.63, 3.8) is 0 Å². The minimum absolute atomic E-state index is 0.415. The van der Waals surface area contributed by atoms with Crippen molar-refractivity contribution in [3.8, 4) is 0 Å². The van der Waals surface area contributed by atoms with Gasteiger partial charge in [0.1, 0.15) is 17.5 Å². The Kier molecular flexibility index (Phi) is 4.71. The van der Waals surface area contributed by atoms with Crippen molar-refractivity contribution >= 4 is 22.6 Å². The van der Waals surface area contributed by atoms with Crippen LogP contribution in [-0.4, -0.2) is 58.8 Å². The summed E-state index contributed by atoms with van der Waals surface area (Å²) < 4.78 is 5.21. The molecule has 0 bridgehead atoms. The van der Waals surface area contributed by atoms with Gasteiger partial charge in [-0.25, -0.2) is 4.98 Å². The molecule has 26 heavy (non-hydrogen) atoms. The van der Waals surface area contributed by atoms with Crippen molar-refractivity contribution in [2.75, 3.05) is 42.9 Å². The molecule has 136 valence electrons. The van der Waals surface area contributed by atoms with Crippen LogP contribution in [0.3, 0.4) is 0 Å². The molecule has 3 aromatic rings. The summed E-state index contributed by atoms with van der Waals surface area (Å²) in [6, 6.07) is 11.0. The zero-order valence-electron chi connectivity index (χ0n) is 15.2. The van der Waals surface area contributed by atoms with Crippen molar-refractivity contribution in [1.82, 2.24) is 20.0 Å². The molecule has 1 fully saturated rings. The van der Waals surface area contributed by atoms with Gasteiger partial charge in [0.25, 0.3) is 5.71 Å². The van der Waals surface area contributed by atoms with E-state index in [9.17, 15) is 0 Å². The lowest BCUT2D eigenvalue weighted by atomic mass is 10.2. The molecule has 7 heteroatoms. The van der Waals surface area contributed by atoms with Gasteiger partial charge >= 0.3 is 0 Å². The fourth-order valence-electron chi connectivity index (χ4n) is 3.49. The molecule has 0 saturated carbocycles. The Morgan fingerprint density at radius 2 is 1.88 bits per heavy atom. The summed E-state index contributed by atoms with van der Waals surface area (Å²) in [4.78, 5) is 13.4. The first-order valence-electron chi connectivity index (χ1n) is 9.07. The Hall–Kier alpha value is -2.67. The summed E-state index contributed by atoms with van der Waals surface area (Å²) in [7, 11) is 0. The van der Waals surface area contributed by atoms with Crippen molar-refractivity contribution in [1.29, 1.82) is 0 Å². The van der Waals surface area contributed by atoms with Crippen LogP contribution in [0, 0.1) is 6.92 Å². The van der Waals surface area contributed by atoms with E-state index in [0.717, 1.165) is 49.6 Å². The number of fused-ring (bicyclic) bond motifs is 1. The molecule has 0 spiro atoms. The van der Waals surface area contributed by atoms with E-state index in [2.05, 4.69) is 67.5 Å². The maximum absolute atomic E-state index is 5.21. The SMILES string of the molecule is Cc1noc2ncnc(NCC(C)N3CCN(c4ccccc4)CC3)c12. The molecule has 0 radical (unpaired) electrons. The summed E-state index contributed by atoms with van der Waals surface area (Å²) in [6.07, 6.45) is 1.51. The highest BCUT2D eigenvalue weighted by Crippen LogP contribution is 2.22. The number of aryl methyl sites for hydroxylation is 1. The van der Waals surface area contributed by atoms with E-state index < -0.39 is 0 Å². The summed E-state index contributed by atoms with van der Waals surface area (Å²) in [5.74, 6) is 0.795. The number of nitrogens with zero attached hydrogens (tertiary/aromatic N) is 5. The molecule has 1 aliphatic heterocycles. The third kappa shape index (κ3) is 3.35. The van der Waals surface area contributed by atoms with Crippen LogP contribution in [0.5, 0.6) is 0 Å². The quantitative estimate of drug-likeness (QED) is 0.756. The number of aromatic nitrogens is 3. The van der Waals surface area contributed by atoms with Crippen LogP contribution in [0.25, 0.3) is 11.1 Å². The number of piperazine rings is 1. The van der Waals surface area contributed by atoms with Gasteiger partial charge in [-0.1, -0.05) is 23.4 Å². The summed E-state index contributed by atoms with van der Waals surface area (Å²) in [5, 5.41) is 8.29. The van der Waals surface area contributed by atoms with Gasteiger partial charge in [0.15, 0.2) is 0 Å². The Bertz CT molecular complexity index is 857. The maximum atomic E-state index is 5.21. The fraction of sp³-hybridized carbons (Fsp3) is 0.421. The molecule has 1 atom stereocenters. The Morgan fingerprint density at radius 1 is 1.12 bits per heavy atom. The Morgan fingerprint density at radius 3 is 2.65 bits per heavy atom. The lowest BCUT2D eigenvalue weighted by molar-refractivity contribution is 0.204. The van der Waals surface area contributed by atoms with Gasteiger partial charge in [-0.15, -0.1) is 0 Å². The van der Waals surface area contributed by atoms with E-state index in [-0.39, 0.29) is 0 Å². The number of hydrogen-bond donors (Lipinski definition) is 1. The summed E-state index contributed by atoms with van der Waals surface area (Å²) >= 11 is 0. The average Bonchev–Trinajstić information content (AvgIpc) is 3.08. The Balaban J connectivity index is 1.34. The highest BCUT2D eigenvalue weighted by molar-refractivity contribution is 5.87. The van der Waals surface area contributed by atoms with Gasteiger partial charge < -0.3 is 14.7 Å². The molecule has 0 amide bonds. The first-order chi connectivity index (χ1) is 12.7. The zero-order chi connectivity index (χ0) is 17.9. The number of benzene rings is 1. The van der Waals surface area contributed by atoms with Crippen molar-refractivity contribution in [2.24, 2.45) is 0 Å². The molecular weight excluding hydrogens is 328 g/mol. The van der Waals surface area contributed by atoms with E-state index in [4.69, 9.17) is 4.52 Å². The second kappa shape index (κ2) is 7.29. The highest BCUT2D eigenvalue weighted by atomic mass is 16.5. The molecule has 2 aromatic heterocycles. The van der Waals surface area contributed by atoms with E-state index in [1.54, 1.807) is 0 Å². The molecule has 1 aromatic carbocycles. The topological polar surface area (TPSA) is 70.3 Å². The average molecular weight is 352 g/mol. The van der Waals surface area contributed by atoms with Crippen molar-refractivity contribution in [2.45, 2.75) is 19.9 Å². The summed E-state index contributed by atoms with van der Waals surface area (Å²) in [6.45, 7) is 9.21. The largest absolute Gasteiger partial charge is 0.369 e. The minimum Gasteiger partial charge on any atom is -0.369 e. The predicted octanol–water partition coefficient (Wildman–Crippen LogP) is 2.55. The van der Waals surface area contributed by atoms with Gasteiger partial charge in [-0.05, 0) is 26.0 Å². The lowest BCUT2D eigenvalue weighted by Crippen LogP contribution is -2.51. The predicted molar refractivity (Wildman–Crippen MR) is 103 cm³/mol. The second-order valence-corrected chi connectivity index (χ2v) is 6.76. The molecule has 1 N–H and O–H groups in total. The van der Waals surface area contributed by atoms with Gasteiger partial charge in [-0.3, -0.25) is 4.90 Å². The number of para-hydroxylation sites is 1. The normalized spacial score (nSPS) is 16.8. The third-order valence-electron chi connectivity index (χ3n) is 5.07. The van der Waals surface area contributed by atoms with Crippen LogP contribution >= 0.6 is 0 Å². The number of anilines is 2. The first kappa shape index (κ1) is 16.8. The molecule has 7 nitrogen and oxygen atoms in total. The zero-order valence-corrected chi connectivity index (χ0v) is 15.2. The molecule has 1 unspecified atom stereocenters. The molecule has 1 aliphatic rings. The van der Waals surface area contributed by atoms with Gasteiger partial charge in [0.2, 0.25) is 0 Å². The van der Waals surface area contributed by atoms with Crippen LogP contribution in [0.15, 0.2) is 41.2 Å². The van der Waals surface area contributed by atoms with Gasteiger partial charge in [0, 0.05) is 44.5 Å². The van der Waals surface area contributed by atoms with Crippen molar-refractivity contribution < 1.29 is 4.52 Å². The van der Waals surface area contributed by atoms with E-state index in [0.29, 0.717) is 11.8 Å². The third-order valence-corrected chi connectivity index (χ3v) is 5.07. The Labute approximate surface area is 153 Å². The van der Waals surface area contributed by atoms with Gasteiger partial charge in [-0.2, -0.15) is 4.98 Å². The number of rotatable bonds is 5. The monoisotopic (exact) mass is 352 g/mol. The van der Waals surface area contributed by atoms with Crippen LogP contribution < -0.4 is 10.2 Å². The first-order valence-corrected chi connectivity index (χ1v) is 9.07. The van der Waals surface area contributed by atoms with Crippen molar-refractivity contribution in [3.05, 3.63) is 42.4 Å². The van der Waals surface area contributed by atoms with Crippen LogP contribution in [0.1, 0.15) is 12.6 Å². The van der Waals surface area contributed by atoms with Crippen LogP contribution in [-0.2, 0) is 0 Å². The van der Waals surface area contributed by atoms with E-state index in [1.165, 1.54) is 12.0 Å². The second-order valence-electron chi connectivity index (χ2n) is 6.76. The molecule has 3 heterocycles. The lowest BCUT2D eigenvalue weighted by Gasteiger charge is -2.39. The smallest absolute Gasteiger partial charge is 0.263 e. The summed E-state index contributed by atoms with van der Waals surface area (Å²) in [5.41, 5.74) is 2.65. The standard InChI is InChI=1S/C19H24N6O/c1-14(12-20-18-17-15(2)23-26-19(17)22-13-21-18)24-8-10-25(11-9-24)16-6-4-3-5-7-16/h3-7,13-14H,8-12H2,1-2H3,(H,20,21,22). The number of hydrogen-bond acceptors (Lipinski definition) is 7. The molecule has 0 aliphatic carbocycles. The molecular formula is C19H24N6O. The van der Waals surface area contributed by atoms with E-state index >= 15 is 0 Å². The minimum atomic E-state index is 0.415. The molecule has 1 saturated heterocycles. The highest BCUT2D eigenvalue weighted by Gasteiger charge is 2.21.